The van der Waals surface area contributed by atoms with Crippen LogP contribution in [0.3, 0.4) is 0 Å². The molecular formula is C16H31O2. The highest BCUT2D eigenvalue weighted by Gasteiger charge is 1.95. The van der Waals surface area contributed by atoms with Crippen molar-refractivity contribution in [3.8, 4) is 0 Å². The van der Waals surface area contributed by atoms with Crippen LogP contribution in [0, 0.1) is 6.61 Å². The molecule has 0 aliphatic heterocycles. The van der Waals surface area contributed by atoms with Crippen molar-refractivity contribution in [2.45, 2.75) is 90.9 Å². The van der Waals surface area contributed by atoms with Crippen LogP contribution < -0.4 is 0 Å². The van der Waals surface area contributed by atoms with Crippen molar-refractivity contribution in [2.75, 3.05) is 0 Å². The van der Waals surface area contributed by atoms with E-state index < -0.39 is 0 Å². The van der Waals surface area contributed by atoms with E-state index >= 15 is 0 Å². The molecule has 0 saturated carbocycles. The predicted octanol–water partition coefficient (Wildman–Crippen LogP) is 5.41. The number of carbonyl (C=O) groups excluding carboxylic acids is 1. The lowest BCUT2D eigenvalue weighted by Crippen LogP contribution is -1.94. The van der Waals surface area contributed by atoms with E-state index in [9.17, 15) is 4.79 Å². The molecule has 0 aliphatic rings. The van der Waals surface area contributed by atoms with Gasteiger partial charge in [0.05, 0.1) is 0 Å². The van der Waals surface area contributed by atoms with Crippen LogP contribution in [-0.4, -0.2) is 5.97 Å². The van der Waals surface area contributed by atoms with Crippen molar-refractivity contribution < 1.29 is 9.53 Å². The van der Waals surface area contributed by atoms with Gasteiger partial charge in [-0.25, -0.2) is 0 Å². The van der Waals surface area contributed by atoms with Gasteiger partial charge in [-0.05, 0) is 12.8 Å². The van der Waals surface area contributed by atoms with E-state index in [2.05, 4.69) is 6.92 Å². The molecular weight excluding hydrogens is 224 g/mol. The number of ether oxygens (including phenoxy) is 1. The van der Waals surface area contributed by atoms with E-state index in [1.54, 1.807) is 6.61 Å². The van der Waals surface area contributed by atoms with Crippen molar-refractivity contribution in [3.05, 3.63) is 6.61 Å². The van der Waals surface area contributed by atoms with Gasteiger partial charge in [-0.3, -0.25) is 4.79 Å². The molecule has 1 radical (unpaired) electrons. The highest BCUT2D eigenvalue weighted by atomic mass is 16.5. The molecule has 2 nitrogen and oxygen atoms in total. The Bertz CT molecular complexity index is 178. The van der Waals surface area contributed by atoms with Crippen molar-refractivity contribution in [1.29, 1.82) is 0 Å². The Hall–Kier alpha value is -0.530. The number of esters is 1. The van der Waals surface area contributed by atoms with E-state index in [0.717, 1.165) is 12.8 Å². The Kier molecular flexibility index (Phi) is 14.1. The standard InChI is InChI=1S/C16H31O2/c1-3-4-5-6-7-8-9-10-11-12-13-14-15-18-16(2)17/h15H,3-14H2,1-2H3. The fraction of sp³-hybridized carbons (Fsp3) is 0.875. The maximum atomic E-state index is 10.5. The second-order valence-electron chi connectivity index (χ2n) is 5.10. The van der Waals surface area contributed by atoms with Crippen LogP contribution in [0.4, 0.5) is 0 Å². The molecule has 0 aromatic heterocycles. The number of unbranched alkanes of at least 4 members (excludes halogenated alkanes) is 11. The van der Waals surface area contributed by atoms with E-state index in [0.29, 0.717) is 0 Å². The summed E-state index contributed by atoms with van der Waals surface area (Å²) in [4.78, 5) is 10.5. The smallest absolute Gasteiger partial charge is 0.303 e. The third-order valence-electron chi connectivity index (χ3n) is 3.17. The van der Waals surface area contributed by atoms with Gasteiger partial charge in [0.25, 0.3) is 0 Å². The highest BCUT2D eigenvalue weighted by Crippen LogP contribution is 2.12. The first-order valence-electron chi connectivity index (χ1n) is 7.76. The normalized spacial score (nSPS) is 10.6. The molecule has 0 fully saturated rings. The Morgan fingerprint density at radius 2 is 1.28 bits per heavy atom. The number of carbonyl (C=O) groups is 1. The lowest BCUT2D eigenvalue weighted by molar-refractivity contribution is -0.137. The molecule has 0 amide bonds. The van der Waals surface area contributed by atoms with E-state index in [1.807, 2.05) is 0 Å². The van der Waals surface area contributed by atoms with Crippen molar-refractivity contribution in [1.82, 2.24) is 0 Å². The molecule has 0 bridgehead atoms. The minimum absolute atomic E-state index is 0.210. The van der Waals surface area contributed by atoms with Gasteiger partial charge < -0.3 is 4.74 Å². The Labute approximate surface area is 113 Å². The molecule has 18 heavy (non-hydrogen) atoms. The zero-order valence-corrected chi connectivity index (χ0v) is 12.4. The van der Waals surface area contributed by atoms with Crippen LogP contribution in [0.5, 0.6) is 0 Å². The number of hydrogen-bond donors (Lipinski definition) is 0. The van der Waals surface area contributed by atoms with Crippen molar-refractivity contribution >= 4 is 5.97 Å². The molecule has 2 heteroatoms. The summed E-state index contributed by atoms with van der Waals surface area (Å²) in [5.41, 5.74) is 0. The fourth-order valence-electron chi connectivity index (χ4n) is 2.07. The first-order valence-corrected chi connectivity index (χ1v) is 7.76. The Morgan fingerprint density at radius 1 is 0.833 bits per heavy atom. The molecule has 0 rings (SSSR count). The van der Waals surface area contributed by atoms with Crippen LogP contribution in [0.15, 0.2) is 0 Å². The van der Waals surface area contributed by atoms with E-state index in [-0.39, 0.29) is 5.97 Å². The Balaban J connectivity index is 2.92. The maximum absolute atomic E-state index is 10.5. The summed E-state index contributed by atoms with van der Waals surface area (Å²) in [5, 5.41) is 0. The fourth-order valence-corrected chi connectivity index (χ4v) is 2.07. The van der Waals surface area contributed by atoms with Crippen LogP contribution in [-0.2, 0) is 9.53 Å². The lowest BCUT2D eigenvalue weighted by atomic mass is 10.1. The van der Waals surface area contributed by atoms with Gasteiger partial charge in [0, 0.05) is 6.92 Å². The monoisotopic (exact) mass is 255 g/mol. The van der Waals surface area contributed by atoms with Crippen LogP contribution >= 0.6 is 0 Å². The summed E-state index contributed by atoms with van der Waals surface area (Å²) >= 11 is 0. The average molecular weight is 255 g/mol. The summed E-state index contributed by atoms with van der Waals surface area (Å²) in [7, 11) is 0. The zero-order chi connectivity index (χ0) is 13.5. The van der Waals surface area contributed by atoms with Crippen LogP contribution in [0.25, 0.3) is 0 Å². The second kappa shape index (κ2) is 14.5. The van der Waals surface area contributed by atoms with Crippen molar-refractivity contribution in [2.24, 2.45) is 0 Å². The first-order chi connectivity index (χ1) is 8.77. The molecule has 0 N–H and O–H groups in total. The second-order valence-corrected chi connectivity index (χ2v) is 5.10. The minimum atomic E-state index is -0.210. The molecule has 0 spiro atoms. The van der Waals surface area contributed by atoms with Gasteiger partial charge in [0.1, 0.15) is 6.61 Å². The summed E-state index contributed by atoms with van der Waals surface area (Å²) in [6.45, 7) is 5.34. The largest absolute Gasteiger partial charge is 0.459 e. The molecule has 0 heterocycles. The first kappa shape index (κ1) is 17.5. The quantitative estimate of drug-likeness (QED) is 0.325. The van der Waals surface area contributed by atoms with Gasteiger partial charge in [-0.15, -0.1) is 0 Å². The third-order valence-corrected chi connectivity index (χ3v) is 3.17. The lowest BCUT2D eigenvalue weighted by Gasteiger charge is -2.02. The average Bonchev–Trinajstić information content (AvgIpc) is 2.34. The minimum Gasteiger partial charge on any atom is -0.459 e. The Morgan fingerprint density at radius 3 is 1.72 bits per heavy atom. The third kappa shape index (κ3) is 15.5. The molecule has 0 unspecified atom stereocenters. The molecule has 0 aromatic rings. The van der Waals surface area contributed by atoms with Crippen LogP contribution in [0.1, 0.15) is 90.9 Å². The van der Waals surface area contributed by atoms with Gasteiger partial charge in [0.15, 0.2) is 0 Å². The summed E-state index contributed by atoms with van der Waals surface area (Å²) < 4.78 is 4.77. The number of hydrogen-bond acceptors (Lipinski definition) is 2. The molecule has 0 aliphatic carbocycles. The molecule has 0 saturated heterocycles. The topological polar surface area (TPSA) is 26.3 Å². The summed E-state index contributed by atoms with van der Waals surface area (Å²) in [6, 6.07) is 0. The summed E-state index contributed by atoms with van der Waals surface area (Å²) in [6.07, 6.45) is 15.8. The van der Waals surface area contributed by atoms with Gasteiger partial charge in [0.2, 0.25) is 0 Å². The zero-order valence-electron chi connectivity index (χ0n) is 12.4. The highest BCUT2D eigenvalue weighted by molar-refractivity contribution is 5.66. The maximum Gasteiger partial charge on any atom is 0.303 e. The molecule has 107 valence electrons. The number of rotatable bonds is 13. The molecule has 0 aromatic carbocycles. The summed E-state index contributed by atoms with van der Waals surface area (Å²) in [5.74, 6) is -0.210. The van der Waals surface area contributed by atoms with Crippen molar-refractivity contribution in [3.63, 3.8) is 0 Å². The van der Waals surface area contributed by atoms with Crippen LogP contribution in [0.2, 0.25) is 0 Å². The van der Waals surface area contributed by atoms with E-state index in [4.69, 9.17) is 4.74 Å². The van der Waals surface area contributed by atoms with E-state index in [1.165, 1.54) is 71.1 Å². The predicted molar refractivity (Wildman–Crippen MR) is 77.1 cm³/mol. The van der Waals surface area contributed by atoms with Gasteiger partial charge in [-0.2, -0.15) is 0 Å². The molecule has 0 atom stereocenters. The van der Waals surface area contributed by atoms with Gasteiger partial charge in [-0.1, -0.05) is 71.1 Å². The SMILES string of the molecule is CCCCCCCCCCCCC[CH]OC(C)=O. The van der Waals surface area contributed by atoms with Gasteiger partial charge >= 0.3 is 5.97 Å².